The molecule has 1 fully saturated rings. The molecular formula is C19H20FN3O3. The molecule has 1 N–H and O–H groups in total. The Hall–Kier alpha value is -3.09. The standard InChI is InChI=1S/C19H20FN3O3/c1-26-17-8-4-15(5-9-17)21-18(24)19(25)23-12-10-22(11-13-23)16-6-2-14(20)3-7-16/h2-9H,10-13H2,1H3,(H,21,24). The maximum Gasteiger partial charge on any atom is 0.313 e. The van der Waals surface area contributed by atoms with Crippen LogP contribution in [0.1, 0.15) is 0 Å². The Morgan fingerprint density at radius 1 is 0.962 bits per heavy atom. The summed E-state index contributed by atoms with van der Waals surface area (Å²) in [5.74, 6) is -0.825. The molecule has 2 aromatic carbocycles. The molecule has 26 heavy (non-hydrogen) atoms. The summed E-state index contributed by atoms with van der Waals surface area (Å²) in [6.45, 7) is 2.05. The smallest absolute Gasteiger partial charge is 0.313 e. The molecule has 0 radical (unpaired) electrons. The number of rotatable bonds is 3. The summed E-state index contributed by atoms with van der Waals surface area (Å²) < 4.78 is 18.1. The van der Waals surface area contributed by atoms with Gasteiger partial charge in [0.15, 0.2) is 0 Å². The highest BCUT2D eigenvalue weighted by atomic mass is 19.1. The maximum atomic E-state index is 13.0. The molecule has 2 aromatic rings. The van der Waals surface area contributed by atoms with Crippen LogP contribution in [-0.4, -0.2) is 50.0 Å². The molecule has 0 unspecified atom stereocenters. The minimum Gasteiger partial charge on any atom is -0.497 e. The van der Waals surface area contributed by atoms with Gasteiger partial charge < -0.3 is 19.9 Å². The molecule has 0 spiro atoms. The van der Waals surface area contributed by atoms with Crippen molar-refractivity contribution in [3.8, 4) is 5.75 Å². The Balaban J connectivity index is 1.53. The Labute approximate surface area is 151 Å². The van der Waals surface area contributed by atoms with Crippen molar-refractivity contribution in [3.05, 3.63) is 54.3 Å². The van der Waals surface area contributed by atoms with Crippen LogP contribution in [0.15, 0.2) is 48.5 Å². The van der Waals surface area contributed by atoms with Crippen molar-refractivity contribution in [2.24, 2.45) is 0 Å². The number of anilines is 2. The van der Waals surface area contributed by atoms with E-state index < -0.39 is 11.8 Å². The summed E-state index contributed by atoms with van der Waals surface area (Å²) in [7, 11) is 1.56. The predicted octanol–water partition coefficient (Wildman–Crippen LogP) is 2.12. The summed E-state index contributed by atoms with van der Waals surface area (Å²) in [5, 5.41) is 2.60. The van der Waals surface area contributed by atoms with E-state index in [1.807, 2.05) is 0 Å². The first-order valence-electron chi connectivity index (χ1n) is 8.31. The summed E-state index contributed by atoms with van der Waals surface area (Å²) in [6, 6.07) is 13.0. The molecule has 0 saturated carbocycles. The normalized spacial score (nSPS) is 14.1. The highest BCUT2D eigenvalue weighted by Gasteiger charge is 2.26. The van der Waals surface area contributed by atoms with Crippen molar-refractivity contribution in [2.45, 2.75) is 0 Å². The van der Waals surface area contributed by atoms with Gasteiger partial charge in [0.05, 0.1) is 7.11 Å². The third kappa shape index (κ3) is 4.11. The SMILES string of the molecule is COc1ccc(NC(=O)C(=O)N2CCN(c3ccc(F)cc3)CC2)cc1. The fourth-order valence-corrected chi connectivity index (χ4v) is 2.82. The largest absolute Gasteiger partial charge is 0.497 e. The molecular weight excluding hydrogens is 337 g/mol. The number of benzene rings is 2. The van der Waals surface area contributed by atoms with Crippen LogP contribution in [-0.2, 0) is 9.59 Å². The molecule has 1 saturated heterocycles. The van der Waals surface area contributed by atoms with Crippen LogP contribution in [0.2, 0.25) is 0 Å². The monoisotopic (exact) mass is 357 g/mol. The molecule has 1 aliphatic heterocycles. The van der Waals surface area contributed by atoms with Gasteiger partial charge in [0.25, 0.3) is 0 Å². The number of methoxy groups -OCH3 is 1. The van der Waals surface area contributed by atoms with E-state index in [1.54, 1.807) is 43.5 Å². The number of carbonyl (C=O) groups excluding carboxylic acids is 2. The average molecular weight is 357 g/mol. The highest BCUT2D eigenvalue weighted by Crippen LogP contribution is 2.18. The van der Waals surface area contributed by atoms with Gasteiger partial charge in [-0.25, -0.2) is 4.39 Å². The third-order valence-corrected chi connectivity index (χ3v) is 4.30. The van der Waals surface area contributed by atoms with Gasteiger partial charge >= 0.3 is 11.8 Å². The topological polar surface area (TPSA) is 61.9 Å². The van der Waals surface area contributed by atoms with E-state index in [0.717, 1.165) is 5.69 Å². The minimum absolute atomic E-state index is 0.280. The lowest BCUT2D eigenvalue weighted by Crippen LogP contribution is -2.51. The van der Waals surface area contributed by atoms with Gasteiger partial charge in [-0.05, 0) is 48.5 Å². The first-order chi connectivity index (χ1) is 12.6. The first kappa shape index (κ1) is 17.7. The summed E-state index contributed by atoms with van der Waals surface area (Å²) in [4.78, 5) is 28.1. The molecule has 7 heteroatoms. The van der Waals surface area contributed by atoms with Crippen molar-refractivity contribution in [2.75, 3.05) is 43.5 Å². The molecule has 1 aliphatic rings. The van der Waals surface area contributed by atoms with Crippen molar-refractivity contribution in [3.63, 3.8) is 0 Å². The summed E-state index contributed by atoms with van der Waals surface area (Å²) in [6.07, 6.45) is 0. The number of carbonyl (C=O) groups is 2. The second kappa shape index (κ2) is 7.86. The number of nitrogens with zero attached hydrogens (tertiary/aromatic N) is 2. The van der Waals surface area contributed by atoms with Crippen LogP contribution in [0, 0.1) is 5.82 Å². The second-order valence-corrected chi connectivity index (χ2v) is 5.94. The van der Waals surface area contributed by atoms with Gasteiger partial charge in [-0.15, -0.1) is 0 Å². The van der Waals surface area contributed by atoms with Crippen molar-refractivity contribution >= 4 is 23.2 Å². The zero-order valence-corrected chi connectivity index (χ0v) is 14.4. The fourth-order valence-electron chi connectivity index (χ4n) is 2.82. The van der Waals surface area contributed by atoms with Gasteiger partial charge in [0, 0.05) is 37.6 Å². The highest BCUT2D eigenvalue weighted by molar-refractivity contribution is 6.39. The number of halogens is 1. The molecule has 6 nitrogen and oxygen atoms in total. The number of nitrogens with one attached hydrogen (secondary N) is 1. The maximum absolute atomic E-state index is 13.0. The Morgan fingerprint density at radius 3 is 2.15 bits per heavy atom. The molecule has 2 amide bonds. The summed E-state index contributed by atoms with van der Waals surface area (Å²) in [5.41, 5.74) is 1.44. The Kier molecular flexibility index (Phi) is 5.36. The van der Waals surface area contributed by atoms with Crippen molar-refractivity contribution in [1.29, 1.82) is 0 Å². The zero-order valence-electron chi connectivity index (χ0n) is 14.4. The van der Waals surface area contributed by atoms with Crippen LogP contribution in [0.3, 0.4) is 0 Å². The molecule has 0 aromatic heterocycles. The van der Waals surface area contributed by atoms with Crippen LogP contribution in [0.25, 0.3) is 0 Å². The van der Waals surface area contributed by atoms with E-state index in [1.165, 1.54) is 17.0 Å². The van der Waals surface area contributed by atoms with Crippen LogP contribution >= 0.6 is 0 Å². The third-order valence-electron chi connectivity index (χ3n) is 4.30. The van der Waals surface area contributed by atoms with E-state index in [-0.39, 0.29) is 5.82 Å². The average Bonchev–Trinajstić information content (AvgIpc) is 2.69. The molecule has 0 aliphatic carbocycles. The van der Waals surface area contributed by atoms with E-state index in [0.29, 0.717) is 37.6 Å². The molecule has 136 valence electrons. The van der Waals surface area contributed by atoms with Gasteiger partial charge in [-0.2, -0.15) is 0 Å². The van der Waals surface area contributed by atoms with E-state index in [9.17, 15) is 14.0 Å². The molecule has 3 rings (SSSR count). The van der Waals surface area contributed by atoms with Crippen LogP contribution < -0.4 is 15.0 Å². The lowest BCUT2D eigenvalue weighted by Gasteiger charge is -2.35. The fraction of sp³-hybridized carbons (Fsp3) is 0.263. The van der Waals surface area contributed by atoms with Gasteiger partial charge in [-0.3, -0.25) is 9.59 Å². The van der Waals surface area contributed by atoms with E-state index in [2.05, 4.69) is 10.2 Å². The van der Waals surface area contributed by atoms with Gasteiger partial charge in [-0.1, -0.05) is 0 Å². The number of hydrogen-bond donors (Lipinski definition) is 1. The van der Waals surface area contributed by atoms with Gasteiger partial charge in [0.2, 0.25) is 0 Å². The van der Waals surface area contributed by atoms with E-state index in [4.69, 9.17) is 4.74 Å². The van der Waals surface area contributed by atoms with Crippen LogP contribution in [0.5, 0.6) is 5.75 Å². The van der Waals surface area contributed by atoms with Gasteiger partial charge in [0.1, 0.15) is 11.6 Å². The molecule has 0 bridgehead atoms. The minimum atomic E-state index is -0.662. The number of ether oxygens (including phenoxy) is 1. The number of amides is 2. The van der Waals surface area contributed by atoms with Crippen molar-refractivity contribution < 1.29 is 18.7 Å². The lowest BCUT2D eigenvalue weighted by molar-refractivity contribution is -0.143. The Bertz CT molecular complexity index is 770. The zero-order chi connectivity index (χ0) is 18.5. The summed E-state index contributed by atoms with van der Waals surface area (Å²) >= 11 is 0. The number of hydrogen-bond acceptors (Lipinski definition) is 4. The molecule has 1 heterocycles. The predicted molar refractivity (Wildman–Crippen MR) is 96.8 cm³/mol. The quantitative estimate of drug-likeness (QED) is 0.855. The van der Waals surface area contributed by atoms with E-state index >= 15 is 0 Å². The lowest BCUT2D eigenvalue weighted by atomic mass is 10.2. The second-order valence-electron chi connectivity index (χ2n) is 5.94. The van der Waals surface area contributed by atoms with Crippen LogP contribution in [0.4, 0.5) is 15.8 Å². The Morgan fingerprint density at radius 2 is 1.58 bits per heavy atom. The first-order valence-corrected chi connectivity index (χ1v) is 8.31. The van der Waals surface area contributed by atoms with Crippen molar-refractivity contribution in [1.82, 2.24) is 4.90 Å². The number of piperazine rings is 1. The molecule has 0 atom stereocenters.